The number of likely N-dealkylation sites (N-methyl/N-ethyl adjacent to an activating group) is 1. The van der Waals surface area contributed by atoms with Crippen LogP contribution in [0.4, 0.5) is 0 Å². The molecular weight excluding hydrogens is 250 g/mol. The number of nitriles is 1. The number of nitrogens with zero attached hydrogens (tertiary/aromatic N) is 3. The second-order valence-corrected chi connectivity index (χ2v) is 5.64. The minimum Gasteiger partial charge on any atom is -0.330 e. The van der Waals surface area contributed by atoms with Crippen LogP contribution in [-0.4, -0.2) is 47.4 Å². The summed E-state index contributed by atoms with van der Waals surface area (Å²) >= 11 is 0. The quantitative estimate of drug-likeness (QED) is 0.823. The Bertz CT molecular complexity index is 549. The molecule has 2 fully saturated rings. The number of rotatable bonds is 2. The lowest BCUT2D eigenvalue weighted by Crippen LogP contribution is -2.55. The number of carbonyl (C=O) groups is 1. The fourth-order valence-corrected chi connectivity index (χ4v) is 3.45. The van der Waals surface area contributed by atoms with E-state index in [-0.39, 0.29) is 5.91 Å². The van der Waals surface area contributed by atoms with Crippen molar-refractivity contribution in [1.29, 1.82) is 5.26 Å². The van der Waals surface area contributed by atoms with Gasteiger partial charge in [0, 0.05) is 30.7 Å². The van der Waals surface area contributed by atoms with Gasteiger partial charge in [-0.2, -0.15) is 5.26 Å². The summed E-state index contributed by atoms with van der Waals surface area (Å²) in [5.41, 5.74) is 1.20. The molecule has 0 aromatic heterocycles. The topological polar surface area (TPSA) is 47.3 Å². The molecule has 1 amide bonds. The molecule has 2 saturated heterocycles. The number of hydrogen-bond donors (Lipinski definition) is 0. The molecule has 0 N–H and O–H groups in total. The fourth-order valence-electron chi connectivity index (χ4n) is 3.45. The molecule has 1 aromatic rings. The first-order valence-corrected chi connectivity index (χ1v) is 7.28. The normalized spacial score (nSPS) is 25.5. The molecule has 0 aliphatic carbocycles. The van der Waals surface area contributed by atoms with Crippen molar-refractivity contribution in [2.75, 3.05) is 19.6 Å². The van der Waals surface area contributed by atoms with Gasteiger partial charge in [0.1, 0.15) is 0 Å². The Hall–Kier alpha value is -1.86. The Morgan fingerprint density at radius 2 is 2.05 bits per heavy atom. The number of amides is 1. The second-order valence-electron chi connectivity index (χ2n) is 5.64. The SMILES string of the molecule is CCN1CC2CCC(C1)N2C(=O)c1cccc(C#N)c1. The molecule has 2 unspecified atom stereocenters. The van der Waals surface area contributed by atoms with Gasteiger partial charge >= 0.3 is 0 Å². The monoisotopic (exact) mass is 269 g/mol. The first-order valence-electron chi connectivity index (χ1n) is 7.28. The van der Waals surface area contributed by atoms with Gasteiger partial charge < -0.3 is 4.90 Å². The molecular formula is C16H19N3O. The Kier molecular flexibility index (Phi) is 3.45. The molecule has 2 aliphatic rings. The highest BCUT2D eigenvalue weighted by Crippen LogP contribution is 2.31. The lowest BCUT2D eigenvalue weighted by Gasteiger charge is -2.40. The van der Waals surface area contributed by atoms with Gasteiger partial charge in [-0.05, 0) is 37.6 Å². The van der Waals surface area contributed by atoms with Gasteiger partial charge in [-0.25, -0.2) is 0 Å². The zero-order valence-electron chi connectivity index (χ0n) is 11.7. The minimum absolute atomic E-state index is 0.0883. The van der Waals surface area contributed by atoms with Crippen LogP contribution in [0.2, 0.25) is 0 Å². The molecule has 2 bridgehead atoms. The highest BCUT2D eigenvalue weighted by molar-refractivity contribution is 5.95. The summed E-state index contributed by atoms with van der Waals surface area (Å²) in [7, 11) is 0. The lowest BCUT2D eigenvalue weighted by molar-refractivity contribution is 0.0433. The van der Waals surface area contributed by atoms with E-state index >= 15 is 0 Å². The number of fused-ring (bicyclic) bond motifs is 2. The zero-order valence-corrected chi connectivity index (χ0v) is 11.7. The van der Waals surface area contributed by atoms with Crippen molar-refractivity contribution in [3.05, 3.63) is 35.4 Å². The van der Waals surface area contributed by atoms with Gasteiger partial charge in [0.15, 0.2) is 0 Å². The van der Waals surface area contributed by atoms with Crippen molar-refractivity contribution in [1.82, 2.24) is 9.80 Å². The van der Waals surface area contributed by atoms with E-state index in [2.05, 4.69) is 22.8 Å². The molecule has 2 heterocycles. The maximum atomic E-state index is 12.7. The molecule has 3 rings (SSSR count). The van der Waals surface area contributed by atoms with E-state index in [1.165, 1.54) is 0 Å². The van der Waals surface area contributed by atoms with Gasteiger partial charge in [0.2, 0.25) is 0 Å². The maximum Gasteiger partial charge on any atom is 0.254 e. The van der Waals surface area contributed by atoms with Crippen LogP contribution in [0.25, 0.3) is 0 Å². The third-order valence-corrected chi connectivity index (χ3v) is 4.48. The van der Waals surface area contributed by atoms with Crippen molar-refractivity contribution in [3.8, 4) is 6.07 Å². The summed E-state index contributed by atoms with van der Waals surface area (Å²) in [6, 6.07) is 9.82. The molecule has 0 radical (unpaired) electrons. The van der Waals surface area contributed by atoms with E-state index in [0.29, 0.717) is 23.2 Å². The number of hydrogen-bond acceptors (Lipinski definition) is 3. The van der Waals surface area contributed by atoms with Crippen molar-refractivity contribution in [3.63, 3.8) is 0 Å². The zero-order chi connectivity index (χ0) is 14.1. The van der Waals surface area contributed by atoms with Crippen LogP contribution in [0.1, 0.15) is 35.7 Å². The number of benzene rings is 1. The van der Waals surface area contributed by atoms with Crippen LogP contribution < -0.4 is 0 Å². The molecule has 0 saturated carbocycles. The van der Waals surface area contributed by atoms with Crippen LogP contribution in [-0.2, 0) is 0 Å². The summed E-state index contributed by atoms with van der Waals surface area (Å²) in [4.78, 5) is 17.2. The number of carbonyl (C=O) groups excluding carboxylic acids is 1. The van der Waals surface area contributed by atoms with Crippen molar-refractivity contribution in [2.45, 2.75) is 31.8 Å². The minimum atomic E-state index is 0.0883. The molecule has 20 heavy (non-hydrogen) atoms. The Labute approximate surface area is 119 Å². The van der Waals surface area contributed by atoms with E-state index in [0.717, 1.165) is 32.5 Å². The molecule has 2 aliphatic heterocycles. The number of piperazine rings is 1. The van der Waals surface area contributed by atoms with Crippen LogP contribution in [0.3, 0.4) is 0 Å². The predicted molar refractivity (Wildman–Crippen MR) is 76.3 cm³/mol. The average Bonchev–Trinajstić information content (AvgIpc) is 2.76. The fraction of sp³-hybridized carbons (Fsp3) is 0.500. The van der Waals surface area contributed by atoms with E-state index in [4.69, 9.17) is 5.26 Å². The molecule has 4 nitrogen and oxygen atoms in total. The largest absolute Gasteiger partial charge is 0.330 e. The Morgan fingerprint density at radius 3 is 2.65 bits per heavy atom. The third-order valence-electron chi connectivity index (χ3n) is 4.48. The van der Waals surface area contributed by atoms with Gasteiger partial charge in [-0.3, -0.25) is 9.69 Å². The van der Waals surface area contributed by atoms with Gasteiger partial charge in [-0.15, -0.1) is 0 Å². The van der Waals surface area contributed by atoms with E-state index in [1.807, 2.05) is 6.07 Å². The van der Waals surface area contributed by atoms with Crippen LogP contribution in [0.15, 0.2) is 24.3 Å². The second kappa shape index (κ2) is 5.26. The molecule has 104 valence electrons. The Balaban J connectivity index is 1.83. The average molecular weight is 269 g/mol. The molecule has 0 spiro atoms. The summed E-state index contributed by atoms with van der Waals surface area (Å²) in [5.74, 6) is 0.0883. The standard InChI is InChI=1S/C16H19N3O/c1-2-18-10-14-6-7-15(11-18)19(14)16(20)13-5-3-4-12(8-13)9-17/h3-5,8,14-15H,2,6-7,10-11H2,1H3. The molecule has 1 aromatic carbocycles. The summed E-state index contributed by atoms with van der Waals surface area (Å²) in [6.07, 6.45) is 2.20. The van der Waals surface area contributed by atoms with Crippen molar-refractivity contribution < 1.29 is 4.79 Å². The van der Waals surface area contributed by atoms with Crippen LogP contribution >= 0.6 is 0 Å². The van der Waals surface area contributed by atoms with Crippen molar-refractivity contribution in [2.24, 2.45) is 0 Å². The molecule has 2 atom stereocenters. The first-order chi connectivity index (χ1) is 9.72. The van der Waals surface area contributed by atoms with Crippen LogP contribution in [0.5, 0.6) is 0 Å². The molecule has 4 heteroatoms. The first kappa shape index (κ1) is 13.1. The van der Waals surface area contributed by atoms with E-state index in [1.54, 1.807) is 18.2 Å². The smallest absolute Gasteiger partial charge is 0.254 e. The highest BCUT2D eigenvalue weighted by Gasteiger charge is 2.42. The van der Waals surface area contributed by atoms with Gasteiger partial charge in [0.25, 0.3) is 5.91 Å². The summed E-state index contributed by atoms with van der Waals surface area (Å²) < 4.78 is 0. The Morgan fingerprint density at radius 1 is 1.35 bits per heavy atom. The van der Waals surface area contributed by atoms with Gasteiger partial charge in [0.05, 0.1) is 11.6 Å². The maximum absolute atomic E-state index is 12.7. The van der Waals surface area contributed by atoms with Crippen LogP contribution in [0, 0.1) is 11.3 Å². The lowest BCUT2D eigenvalue weighted by atomic mass is 10.1. The summed E-state index contributed by atoms with van der Waals surface area (Å²) in [6.45, 7) is 5.19. The summed E-state index contributed by atoms with van der Waals surface area (Å²) in [5, 5.41) is 8.96. The number of likely N-dealkylation sites (tertiary alicyclic amines) is 1. The highest BCUT2D eigenvalue weighted by atomic mass is 16.2. The van der Waals surface area contributed by atoms with E-state index in [9.17, 15) is 4.79 Å². The van der Waals surface area contributed by atoms with Gasteiger partial charge in [-0.1, -0.05) is 13.0 Å². The predicted octanol–water partition coefficient (Wildman–Crippen LogP) is 1.87. The van der Waals surface area contributed by atoms with Crippen molar-refractivity contribution >= 4 is 5.91 Å². The third kappa shape index (κ3) is 2.19. The van der Waals surface area contributed by atoms with E-state index < -0.39 is 0 Å².